The van der Waals surface area contributed by atoms with Crippen LogP contribution in [0.5, 0.6) is 0 Å². The van der Waals surface area contributed by atoms with Crippen molar-refractivity contribution in [2.24, 2.45) is 61.9 Å². The minimum Gasteiger partial charge on any atom is -0.513 e. The number of ether oxygens (including phenoxy) is 1. The summed E-state index contributed by atoms with van der Waals surface area (Å²) in [6.45, 7) is 40.3. The third-order valence-corrected chi connectivity index (χ3v) is 18.0. The molecule has 1 heterocycles. The minimum absolute atomic E-state index is 0.0108. The van der Waals surface area contributed by atoms with Crippen LogP contribution in [0.1, 0.15) is 153 Å². The summed E-state index contributed by atoms with van der Waals surface area (Å²) in [4.78, 5) is 19.0. The summed E-state index contributed by atoms with van der Waals surface area (Å²) < 4.78 is 6.82. The Kier molecular flexibility index (Phi) is 10.6. The predicted molar refractivity (Wildman–Crippen MR) is 219 cm³/mol. The maximum Gasteiger partial charge on any atom is 0.223 e. The van der Waals surface area contributed by atoms with Gasteiger partial charge >= 0.3 is 0 Å². The third kappa shape index (κ3) is 6.48. The molecule has 5 saturated carbocycles. The zero-order valence-corrected chi connectivity index (χ0v) is 35.8. The number of carbonyl (C=O) groups excluding carboxylic acids is 1. The van der Waals surface area contributed by atoms with Crippen LogP contribution < -0.4 is 5.73 Å². The van der Waals surface area contributed by atoms with Gasteiger partial charge in [0.15, 0.2) is 0 Å². The molecule has 1 aliphatic heterocycles. The second-order valence-electron chi connectivity index (χ2n) is 22.1. The van der Waals surface area contributed by atoms with Crippen LogP contribution in [0.15, 0.2) is 36.8 Å². The highest BCUT2D eigenvalue weighted by molar-refractivity contribution is 5.77. The average Bonchev–Trinajstić information content (AvgIpc) is 3.43. The summed E-state index contributed by atoms with van der Waals surface area (Å²) in [7, 11) is 0. The van der Waals surface area contributed by atoms with Gasteiger partial charge in [0.05, 0.1) is 11.5 Å². The van der Waals surface area contributed by atoms with E-state index in [2.05, 4.69) is 98.8 Å². The van der Waals surface area contributed by atoms with E-state index in [1.807, 2.05) is 0 Å². The van der Waals surface area contributed by atoms with Gasteiger partial charge in [-0.3, -0.25) is 9.69 Å². The van der Waals surface area contributed by atoms with Crippen LogP contribution in [0.2, 0.25) is 0 Å². The second kappa shape index (κ2) is 13.7. The van der Waals surface area contributed by atoms with Crippen molar-refractivity contribution in [1.82, 2.24) is 9.80 Å². The van der Waals surface area contributed by atoms with E-state index in [4.69, 9.17) is 10.5 Å². The number of amides is 1. The van der Waals surface area contributed by atoms with Gasteiger partial charge in [-0.15, -0.1) is 0 Å². The fraction of sp³-hybridized carbons (Fsp3) is 0.851. The quantitative estimate of drug-likeness (QED) is 0.173. The number of hydrogen-bond donors (Lipinski definition) is 2. The van der Waals surface area contributed by atoms with Crippen molar-refractivity contribution >= 4 is 5.91 Å². The van der Waals surface area contributed by atoms with Gasteiger partial charge in [-0.2, -0.15) is 0 Å². The van der Waals surface area contributed by atoms with E-state index >= 15 is 0 Å². The Hall–Kier alpha value is -1.79. The number of fused-ring (bicyclic) bond motifs is 7. The molecule has 6 aliphatic rings. The van der Waals surface area contributed by atoms with E-state index in [9.17, 15) is 9.90 Å². The monoisotopic (exact) mass is 734 g/mol. The van der Waals surface area contributed by atoms with E-state index < -0.39 is 0 Å². The third-order valence-electron chi connectivity index (χ3n) is 18.0. The molecule has 6 rings (SSSR count). The Morgan fingerprint density at radius 1 is 0.868 bits per heavy atom. The Bertz CT molecular complexity index is 1460. The standard InChI is InChI=1S/C47H79N3O3/c1-31(2)35-14-20-46(30-39(52)50-26-24-49(25-27-50)32(3)4)23-22-45(13)44(12)19-15-36-42(9,10)38(53-34(6)29-41(7,8)28-33(5)51)17-18-43(36,11)37(44)16-21-47(45,48)40(35)46/h32,35-38,40,51H,1,5-6,14-30,48H2,2-4,7-13H3/t35-,36-,37+,38-,40-,43-,44+,45-,46+,47?/m0/s1. The molecule has 3 N–H and O–H groups in total. The molecule has 5 aliphatic carbocycles. The first kappa shape index (κ1) is 40.9. The van der Waals surface area contributed by atoms with Crippen LogP contribution in [0.3, 0.4) is 0 Å². The highest BCUT2D eigenvalue weighted by atomic mass is 16.5. The van der Waals surface area contributed by atoms with Crippen LogP contribution in [-0.4, -0.2) is 64.7 Å². The maximum atomic E-state index is 14.3. The summed E-state index contributed by atoms with van der Waals surface area (Å²) in [6.07, 6.45) is 13.3. The van der Waals surface area contributed by atoms with Crippen LogP contribution in [-0.2, 0) is 9.53 Å². The molecule has 0 spiro atoms. The van der Waals surface area contributed by atoms with E-state index in [0.29, 0.717) is 54.9 Å². The molecule has 0 aromatic rings. The fourth-order valence-corrected chi connectivity index (χ4v) is 15.2. The van der Waals surface area contributed by atoms with Crippen LogP contribution in [0.25, 0.3) is 0 Å². The molecular weight excluding hydrogens is 655 g/mol. The Morgan fingerprint density at radius 2 is 1.51 bits per heavy atom. The number of hydrogen-bond acceptors (Lipinski definition) is 5. The molecule has 0 radical (unpaired) electrons. The zero-order valence-electron chi connectivity index (χ0n) is 35.8. The zero-order chi connectivity index (χ0) is 39.2. The van der Waals surface area contributed by atoms with Crippen molar-refractivity contribution in [2.45, 2.75) is 170 Å². The van der Waals surface area contributed by atoms with Gasteiger partial charge in [-0.05, 0) is 136 Å². The average molecular weight is 734 g/mol. The highest BCUT2D eigenvalue weighted by Crippen LogP contribution is 2.78. The normalized spacial score (nSPS) is 42.6. The van der Waals surface area contributed by atoms with Gasteiger partial charge < -0.3 is 20.5 Å². The number of nitrogens with zero attached hydrogens (tertiary/aromatic N) is 2. The van der Waals surface area contributed by atoms with Crippen molar-refractivity contribution in [3.05, 3.63) is 36.8 Å². The lowest BCUT2D eigenvalue weighted by atomic mass is 9.30. The van der Waals surface area contributed by atoms with Crippen molar-refractivity contribution in [3.8, 4) is 0 Å². The summed E-state index contributed by atoms with van der Waals surface area (Å²) in [5.74, 6) is 3.27. The number of aliphatic hydroxyl groups excluding tert-OH is 1. The van der Waals surface area contributed by atoms with Crippen molar-refractivity contribution in [2.75, 3.05) is 26.2 Å². The largest absolute Gasteiger partial charge is 0.513 e. The first-order valence-electron chi connectivity index (χ1n) is 21.6. The topological polar surface area (TPSA) is 79.0 Å². The Labute approximate surface area is 324 Å². The molecule has 1 amide bonds. The number of carbonyl (C=O) groups is 1. The number of allylic oxidation sites excluding steroid dienone is 3. The molecule has 300 valence electrons. The van der Waals surface area contributed by atoms with Gasteiger partial charge in [-0.25, -0.2) is 0 Å². The van der Waals surface area contributed by atoms with Gasteiger partial charge in [0.25, 0.3) is 0 Å². The molecule has 6 fully saturated rings. The van der Waals surface area contributed by atoms with Crippen molar-refractivity contribution < 1.29 is 14.6 Å². The number of aliphatic hydroxyl groups is 1. The molecule has 6 nitrogen and oxygen atoms in total. The molecule has 10 atom stereocenters. The molecule has 0 bridgehead atoms. The molecule has 0 aromatic carbocycles. The van der Waals surface area contributed by atoms with Crippen LogP contribution in [0, 0.1) is 56.2 Å². The minimum atomic E-state index is -0.323. The molecule has 1 unspecified atom stereocenters. The predicted octanol–water partition coefficient (Wildman–Crippen LogP) is 10.4. The SMILES string of the molecule is C=C(O)CC(C)(C)CC(=C)O[C@H]1CC[C@]2(C)[C@H]3CCC4(N)[C@H]5[C@H](C(=C)C)CC[C@]5(CC(=O)N5CCN(C(C)C)CC5)CC[C@@]4(C)[C@]3(C)CC[C@H]2C1(C)C. The second-order valence-corrected chi connectivity index (χ2v) is 22.1. The first-order chi connectivity index (χ1) is 24.5. The van der Waals surface area contributed by atoms with Crippen LogP contribution in [0.4, 0.5) is 0 Å². The number of rotatable bonds is 10. The summed E-state index contributed by atoms with van der Waals surface area (Å²) in [5.41, 5.74) is 9.30. The van der Waals surface area contributed by atoms with E-state index in [1.54, 1.807) is 0 Å². The number of nitrogens with two attached hydrogens (primary N) is 1. The molecule has 6 heteroatoms. The van der Waals surface area contributed by atoms with Gasteiger partial charge in [0.1, 0.15) is 6.10 Å². The molecular formula is C47H79N3O3. The Morgan fingerprint density at radius 3 is 2.11 bits per heavy atom. The summed E-state index contributed by atoms with van der Waals surface area (Å²) in [5, 5.41) is 9.89. The summed E-state index contributed by atoms with van der Waals surface area (Å²) in [6, 6.07) is 0.528. The van der Waals surface area contributed by atoms with E-state index in [-0.39, 0.29) is 49.9 Å². The lowest BCUT2D eigenvalue weighted by Crippen LogP contribution is -2.76. The smallest absolute Gasteiger partial charge is 0.223 e. The van der Waals surface area contributed by atoms with Crippen molar-refractivity contribution in [3.63, 3.8) is 0 Å². The molecule has 1 saturated heterocycles. The lowest BCUT2D eigenvalue weighted by molar-refractivity contribution is -0.255. The van der Waals surface area contributed by atoms with E-state index in [0.717, 1.165) is 70.5 Å². The highest BCUT2D eigenvalue weighted by Gasteiger charge is 2.75. The van der Waals surface area contributed by atoms with Gasteiger partial charge in [0, 0.05) is 62.4 Å². The van der Waals surface area contributed by atoms with Gasteiger partial charge in [-0.1, -0.05) is 73.8 Å². The van der Waals surface area contributed by atoms with Crippen LogP contribution >= 0.6 is 0 Å². The Balaban J connectivity index is 1.24. The van der Waals surface area contributed by atoms with Gasteiger partial charge in [0.2, 0.25) is 5.91 Å². The molecule has 0 aromatic heterocycles. The summed E-state index contributed by atoms with van der Waals surface area (Å²) >= 11 is 0. The van der Waals surface area contributed by atoms with E-state index in [1.165, 1.54) is 31.3 Å². The lowest BCUT2D eigenvalue weighted by Gasteiger charge is -2.75. The number of piperazine rings is 1. The fourth-order valence-electron chi connectivity index (χ4n) is 15.2. The first-order valence-corrected chi connectivity index (χ1v) is 21.6. The molecule has 53 heavy (non-hydrogen) atoms. The maximum absolute atomic E-state index is 14.3. The van der Waals surface area contributed by atoms with Crippen molar-refractivity contribution in [1.29, 1.82) is 0 Å².